The number of benzene rings is 3. The fraction of sp³-hybridized carbons (Fsp3) is 0.333. The van der Waals surface area contributed by atoms with Crippen LogP contribution in [0.5, 0.6) is 0 Å². The lowest BCUT2D eigenvalue weighted by Crippen LogP contribution is -2.43. The number of carbonyl (C=O) groups excluding carboxylic acids is 1. The van der Waals surface area contributed by atoms with Gasteiger partial charge in [0, 0.05) is 5.92 Å². The minimum Gasteiger partial charge on any atom is -0.453 e. The smallest absolute Gasteiger partial charge is 0.422 e. The summed E-state index contributed by atoms with van der Waals surface area (Å²) in [4.78, 5) is 16.2. The van der Waals surface area contributed by atoms with Gasteiger partial charge in [0.15, 0.2) is 0 Å². The molecule has 0 N–H and O–H groups in total. The summed E-state index contributed by atoms with van der Waals surface area (Å²) in [5.41, 5.74) is 11.1. The van der Waals surface area contributed by atoms with Gasteiger partial charge in [0.25, 0.3) is 0 Å². The highest BCUT2D eigenvalue weighted by molar-refractivity contribution is 6.40. The molecular formula is C27H28N2O2. The maximum atomic E-state index is 12.9. The number of ether oxygens (including phenoxy) is 1. The van der Waals surface area contributed by atoms with E-state index >= 15 is 0 Å². The van der Waals surface area contributed by atoms with Gasteiger partial charge in [0.05, 0.1) is 5.56 Å². The second-order valence-electron chi connectivity index (χ2n) is 8.93. The van der Waals surface area contributed by atoms with Crippen molar-refractivity contribution in [3.8, 4) is 0 Å². The third-order valence-corrected chi connectivity index (χ3v) is 6.72. The highest BCUT2D eigenvalue weighted by Crippen LogP contribution is 2.42. The molecule has 3 aromatic rings. The first-order valence-corrected chi connectivity index (χ1v) is 11.0. The van der Waals surface area contributed by atoms with E-state index in [2.05, 4.69) is 61.1 Å². The zero-order valence-corrected chi connectivity index (χ0v) is 18.1. The van der Waals surface area contributed by atoms with E-state index in [1.54, 1.807) is 24.3 Å². The normalized spacial score (nSPS) is 18.9. The number of hydrogen-bond acceptors (Lipinski definition) is 2. The van der Waals surface area contributed by atoms with Crippen LogP contribution in [0.2, 0.25) is 0 Å². The standard InChI is InChI=1S/C27H28N2O2/c1-27(2,22-17-16-19-10-6-7-13-21(19)18-22)23-14-8-9-15-24(23)31-26(30)25(29-28)20-11-4-3-5-12-20/h3-7,10-13,16-18,23-24H,8-9,14-15H2,1-2H3/t23-,24-/m0/s1. The monoisotopic (exact) mass is 412 g/mol. The molecule has 1 aliphatic rings. The van der Waals surface area contributed by atoms with Crippen LogP contribution in [-0.4, -0.2) is 22.6 Å². The van der Waals surface area contributed by atoms with E-state index in [0.717, 1.165) is 25.7 Å². The van der Waals surface area contributed by atoms with E-state index < -0.39 is 5.97 Å². The molecule has 31 heavy (non-hydrogen) atoms. The van der Waals surface area contributed by atoms with E-state index in [4.69, 9.17) is 4.74 Å². The second-order valence-corrected chi connectivity index (χ2v) is 8.93. The molecule has 3 aromatic carbocycles. The number of hydrogen-bond donors (Lipinski definition) is 0. The van der Waals surface area contributed by atoms with Crippen molar-refractivity contribution in [2.75, 3.05) is 0 Å². The van der Waals surface area contributed by atoms with Gasteiger partial charge in [-0.1, -0.05) is 80.9 Å². The topological polar surface area (TPSA) is 62.7 Å². The molecule has 1 fully saturated rings. The van der Waals surface area contributed by atoms with Crippen LogP contribution in [0.3, 0.4) is 0 Å². The van der Waals surface area contributed by atoms with Crippen molar-refractivity contribution in [3.05, 3.63) is 89.5 Å². The first-order chi connectivity index (χ1) is 15.0. The lowest BCUT2D eigenvalue weighted by molar-refractivity contribution is -0.151. The van der Waals surface area contributed by atoms with Crippen LogP contribution >= 0.6 is 0 Å². The van der Waals surface area contributed by atoms with Gasteiger partial charge in [-0.05, 0) is 53.1 Å². The molecule has 0 radical (unpaired) electrons. The Morgan fingerprint density at radius 3 is 2.35 bits per heavy atom. The summed E-state index contributed by atoms with van der Waals surface area (Å²) in [5.74, 6) is -0.387. The highest BCUT2D eigenvalue weighted by Gasteiger charge is 2.41. The summed E-state index contributed by atoms with van der Waals surface area (Å²) in [5, 5.41) is 2.44. The quantitative estimate of drug-likeness (QED) is 0.225. The average Bonchev–Trinajstić information content (AvgIpc) is 2.80. The van der Waals surface area contributed by atoms with Crippen LogP contribution < -0.4 is 0 Å². The lowest BCUT2D eigenvalue weighted by Gasteiger charge is -2.42. The van der Waals surface area contributed by atoms with Crippen molar-refractivity contribution in [2.45, 2.75) is 51.0 Å². The summed E-state index contributed by atoms with van der Waals surface area (Å²) in [7, 11) is 0. The van der Waals surface area contributed by atoms with Gasteiger partial charge in [0.2, 0.25) is 0 Å². The summed E-state index contributed by atoms with van der Waals surface area (Å²) in [6.07, 6.45) is 3.74. The zero-order chi connectivity index (χ0) is 21.8. The Kier molecular flexibility index (Phi) is 6.01. The molecule has 0 unspecified atom stereocenters. The Morgan fingerprint density at radius 2 is 1.61 bits per heavy atom. The van der Waals surface area contributed by atoms with Crippen molar-refractivity contribution in [3.63, 3.8) is 0 Å². The minimum absolute atomic E-state index is 0.0477. The molecule has 2 atom stereocenters. The number of nitrogens with zero attached hydrogens (tertiary/aromatic N) is 2. The van der Waals surface area contributed by atoms with Crippen molar-refractivity contribution in [1.82, 2.24) is 0 Å². The largest absolute Gasteiger partial charge is 0.453 e. The maximum Gasteiger partial charge on any atom is 0.422 e. The summed E-state index contributed by atoms with van der Waals surface area (Å²) in [6, 6.07) is 23.9. The molecule has 1 saturated carbocycles. The van der Waals surface area contributed by atoms with Gasteiger partial charge < -0.3 is 10.3 Å². The molecule has 4 heteroatoms. The Morgan fingerprint density at radius 1 is 0.935 bits per heavy atom. The summed E-state index contributed by atoms with van der Waals surface area (Å²) < 4.78 is 5.98. The Bertz CT molecular complexity index is 1130. The van der Waals surface area contributed by atoms with E-state index in [-0.39, 0.29) is 23.1 Å². The molecule has 4 rings (SSSR count). The van der Waals surface area contributed by atoms with Crippen LogP contribution in [0.25, 0.3) is 16.3 Å². The summed E-state index contributed by atoms with van der Waals surface area (Å²) in [6.45, 7) is 4.48. The van der Waals surface area contributed by atoms with Gasteiger partial charge in [-0.2, -0.15) is 4.79 Å². The zero-order valence-electron chi connectivity index (χ0n) is 18.1. The van der Waals surface area contributed by atoms with Gasteiger partial charge >= 0.3 is 11.7 Å². The van der Waals surface area contributed by atoms with Crippen LogP contribution in [0.15, 0.2) is 72.8 Å². The number of fused-ring (bicyclic) bond motifs is 1. The maximum absolute atomic E-state index is 12.9. The summed E-state index contributed by atoms with van der Waals surface area (Å²) >= 11 is 0. The van der Waals surface area contributed by atoms with Crippen LogP contribution in [0.4, 0.5) is 0 Å². The molecule has 0 heterocycles. The van der Waals surface area contributed by atoms with Gasteiger partial charge in [-0.25, -0.2) is 4.79 Å². The molecular weight excluding hydrogens is 384 g/mol. The lowest BCUT2D eigenvalue weighted by atomic mass is 9.66. The van der Waals surface area contributed by atoms with Gasteiger partial charge in [-0.3, -0.25) is 0 Å². The number of esters is 1. The van der Waals surface area contributed by atoms with Crippen molar-refractivity contribution in [2.24, 2.45) is 5.92 Å². The van der Waals surface area contributed by atoms with E-state index in [1.807, 2.05) is 6.07 Å². The molecule has 4 nitrogen and oxygen atoms in total. The van der Waals surface area contributed by atoms with E-state index in [0.29, 0.717) is 5.56 Å². The van der Waals surface area contributed by atoms with E-state index in [9.17, 15) is 10.3 Å². The SMILES string of the molecule is CC(C)(c1ccc2ccccc2c1)[C@H]1CCCC[C@@H]1OC(=O)C(=[N+]=[N-])c1ccccc1. The first-order valence-electron chi connectivity index (χ1n) is 11.0. The predicted octanol–water partition coefficient (Wildman–Crippen LogP) is 5.94. The molecule has 1 aliphatic carbocycles. The third-order valence-electron chi connectivity index (χ3n) is 6.72. The Labute approximate surface area is 183 Å². The molecule has 0 amide bonds. The van der Waals surface area contributed by atoms with Crippen molar-refractivity contribution >= 4 is 22.5 Å². The Hall–Kier alpha value is -3.23. The number of rotatable bonds is 5. The molecule has 0 spiro atoms. The van der Waals surface area contributed by atoms with Crippen LogP contribution in [0, 0.1) is 5.92 Å². The highest BCUT2D eigenvalue weighted by atomic mass is 16.5. The second kappa shape index (κ2) is 8.87. The van der Waals surface area contributed by atoms with Gasteiger partial charge in [0.1, 0.15) is 6.10 Å². The molecule has 0 aromatic heterocycles. The van der Waals surface area contributed by atoms with Crippen molar-refractivity contribution < 1.29 is 14.3 Å². The fourth-order valence-electron chi connectivity index (χ4n) is 4.87. The third kappa shape index (κ3) is 4.30. The van der Waals surface area contributed by atoms with Crippen LogP contribution in [-0.2, 0) is 14.9 Å². The minimum atomic E-state index is -0.570. The van der Waals surface area contributed by atoms with Crippen LogP contribution in [0.1, 0.15) is 50.7 Å². The molecule has 0 bridgehead atoms. The predicted molar refractivity (Wildman–Crippen MR) is 123 cm³/mol. The van der Waals surface area contributed by atoms with Gasteiger partial charge in [-0.15, -0.1) is 0 Å². The Balaban J connectivity index is 1.60. The molecule has 0 aliphatic heterocycles. The van der Waals surface area contributed by atoms with Crippen molar-refractivity contribution in [1.29, 1.82) is 0 Å². The fourth-order valence-corrected chi connectivity index (χ4v) is 4.87. The first kappa shape index (κ1) is 21.0. The molecule has 158 valence electrons. The van der Waals surface area contributed by atoms with E-state index in [1.165, 1.54) is 16.3 Å². The average molecular weight is 413 g/mol. The number of carbonyl (C=O) groups is 1. The molecule has 0 saturated heterocycles.